The topological polar surface area (TPSA) is 0 Å². The second-order valence-corrected chi connectivity index (χ2v) is 5.88. The van der Waals surface area contributed by atoms with Gasteiger partial charge in [0.2, 0.25) is 0 Å². The number of hydrogen-bond donors (Lipinski definition) is 0. The van der Waals surface area contributed by atoms with Gasteiger partial charge in [-0.15, -0.1) is 6.71 Å². The van der Waals surface area contributed by atoms with Crippen LogP contribution in [-0.2, 0) is 0 Å². The summed E-state index contributed by atoms with van der Waals surface area (Å²) in [7, 11) is 0. The molecule has 0 nitrogen and oxygen atoms in total. The van der Waals surface area contributed by atoms with Gasteiger partial charge in [0.05, 0.1) is 0 Å². The molecule has 0 rings (SSSR count). The SMILES string of the molecule is CCCC(C)[B-](C(C)CCC)C(C)CCC. The monoisotopic (exact) mass is 224 g/mol. The molecule has 3 atom stereocenters. The summed E-state index contributed by atoms with van der Waals surface area (Å²) in [4.78, 5) is 0. The standard InChI is InChI=1S/C15H33B/c1-7-10-13(4)16(14(5)11-8-2)15(6)12-9-3/h13-15H,7-12H2,1-6H3/q-1. The van der Waals surface area contributed by atoms with Crippen LogP contribution in [0.3, 0.4) is 0 Å². The van der Waals surface area contributed by atoms with Crippen molar-refractivity contribution in [3.8, 4) is 0 Å². The first kappa shape index (κ1) is 16.1. The zero-order chi connectivity index (χ0) is 12.6. The molecule has 1 heteroatoms. The summed E-state index contributed by atoms with van der Waals surface area (Å²) in [5.41, 5.74) is 0. The predicted octanol–water partition coefficient (Wildman–Crippen LogP) is 6.05. The maximum absolute atomic E-state index is 2.48. The molecule has 97 valence electrons. The van der Waals surface area contributed by atoms with E-state index in [1.807, 2.05) is 0 Å². The van der Waals surface area contributed by atoms with Crippen LogP contribution in [0.5, 0.6) is 0 Å². The number of rotatable bonds is 9. The van der Waals surface area contributed by atoms with E-state index in [4.69, 9.17) is 0 Å². The molecule has 0 aliphatic heterocycles. The minimum atomic E-state index is 0.910. The Balaban J connectivity index is 4.47. The molecule has 0 saturated carbocycles. The lowest BCUT2D eigenvalue weighted by molar-refractivity contribution is 0.651. The number of hydrogen-bond acceptors (Lipinski definition) is 0. The second-order valence-electron chi connectivity index (χ2n) is 5.88. The van der Waals surface area contributed by atoms with Gasteiger partial charge in [0.25, 0.3) is 0 Å². The molecule has 0 saturated heterocycles. The van der Waals surface area contributed by atoms with Gasteiger partial charge < -0.3 is 0 Å². The second kappa shape index (κ2) is 9.13. The summed E-state index contributed by atoms with van der Waals surface area (Å²) in [6.45, 7) is 15.3. The Labute approximate surface area is 105 Å². The van der Waals surface area contributed by atoms with Crippen LogP contribution in [0.15, 0.2) is 0 Å². The molecular weight excluding hydrogens is 191 g/mol. The molecule has 0 bridgehead atoms. The molecule has 0 aromatic heterocycles. The van der Waals surface area contributed by atoms with E-state index in [2.05, 4.69) is 41.5 Å². The van der Waals surface area contributed by atoms with Gasteiger partial charge in [-0.05, 0) is 0 Å². The first-order chi connectivity index (χ1) is 7.58. The van der Waals surface area contributed by atoms with Crippen molar-refractivity contribution in [1.29, 1.82) is 0 Å². The lowest BCUT2D eigenvalue weighted by Gasteiger charge is -2.45. The van der Waals surface area contributed by atoms with E-state index >= 15 is 0 Å². The molecule has 0 heterocycles. The van der Waals surface area contributed by atoms with Crippen molar-refractivity contribution in [2.24, 2.45) is 0 Å². The van der Waals surface area contributed by atoms with Crippen LogP contribution >= 0.6 is 0 Å². The first-order valence-electron chi connectivity index (χ1n) is 7.58. The zero-order valence-electron chi connectivity index (χ0n) is 12.6. The van der Waals surface area contributed by atoms with E-state index in [0.29, 0.717) is 0 Å². The van der Waals surface area contributed by atoms with Crippen molar-refractivity contribution in [2.45, 2.75) is 97.5 Å². The Morgan fingerprint density at radius 2 is 0.875 bits per heavy atom. The zero-order valence-corrected chi connectivity index (χ0v) is 12.6. The van der Waals surface area contributed by atoms with Gasteiger partial charge in [-0.25, -0.2) is 0 Å². The fourth-order valence-corrected chi connectivity index (χ4v) is 3.63. The van der Waals surface area contributed by atoms with Crippen molar-refractivity contribution in [2.75, 3.05) is 0 Å². The summed E-state index contributed by atoms with van der Waals surface area (Å²) >= 11 is 0. The van der Waals surface area contributed by atoms with Gasteiger partial charge in [0.15, 0.2) is 0 Å². The van der Waals surface area contributed by atoms with E-state index in [1.165, 1.54) is 38.5 Å². The van der Waals surface area contributed by atoms with E-state index in [9.17, 15) is 0 Å². The van der Waals surface area contributed by atoms with Gasteiger partial charge >= 0.3 is 0 Å². The fourth-order valence-electron chi connectivity index (χ4n) is 3.63. The highest BCUT2D eigenvalue weighted by Gasteiger charge is 2.17. The van der Waals surface area contributed by atoms with Gasteiger partial charge in [0, 0.05) is 0 Å². The summed E-state index contributed by atoms with van der Waals surface area (Å²) < 4.78 is 0. The van der Waals surface area contributed by atoms with Crippen molar-refractivity contribution in [3.05, 3.63) is 0 Å². The first-order valence-corrected chi connectivity index (χ1v) is 7.58. The summed E-state index contributed by atoms with van der Waals surface area (Å²) in [6.07, 6.45) is 8.26. The maximum Gasteiger partial charge on any atom is -0.0590 e. The third-order valence-electron chi connectivity index (χ3n) is 4.20. The van der Waals surface area contributed by atoms with Crippen LogP contribution in [-0.4, -0.2) is 6.71 Å². The molecule has 0 aliphatic carbocycles. The van der Waals surface area contributed by atoms with Gasteiger partial charge in [-0.2, -0.15) is 17.5 Å². The lowest BCUT2D eigenvalue weighted by Crippen LogP contribution is -2.29. The van der Waals surface area contributed by atoms with E-state index in [0.717, 1.165) is 24.2 Å². The average Bonchev–Trinajstić information content (AvgIpc) is 2.19. The summed E-state index contributed by atoms with van der Waals surface area (Å²) in [5, 5.41) is 0. The molecule has 0 aromatic carbocycles. The minimum Gasteiger partial charge on any atom is -0.199 e. The Kier molecular flexibility index (Phi) is 9.17. The van der Waals surface area contributed by atoms with Crippen molar-refractivity contribution < 1.29 is 0 Å². The minimum absolute atomic E-state index is 0.910. The molecule has 0 fully saturated rings. The highest BCUT2D eigenvalue weighted by atomic mass is 14.1. The highest BCUT2D eigenvalue weighted by Crippen LogP contribution is 2.37. The molecule has 0 spiro atoms. The Hall–Kier alpha value is 0.0649. The quantitative estimate of drug-likeness (QED) is 0.418. The molecule has 0 aromatic rings. The molecule has 0 N–H and O–H groups in total. The van der Waals surface area contributed by atoms with Crippen molar-refractivity contribution in [3.63, 3.8) is 0 Å². The maximum atomic E-state index is 2.48. The summed E-state index contributed by atoms with van der Waals surface area (Å²) in [6, 6.07) is 0. The Bertz CT molecular complexity index is 127. The Morgan fingerprint density at radius 3 is 1.06 bits per heavy atom. The molecular formula is C15H33B-. The van der Waals surface area contributed by atoms with E-state index in [-0.39, 0.29) is 0 Å². The third-order valence-corrected chi connectivity index (χ3v) is 4.20. The molecule has 1 radical (unpaired) electrons. The largest absolute Gasteiger partial charge is 0.199 e. The average molecular weight is 224 g/mol. The van der Waals surface area contributed by atoms with E-state index in [1.54, 1.807) is 0 Å². The smallest absolute Gasteiger partial charge is 0.0590 e. The van der Waals surface area contributed by atoms with Crippen LogP contribution in [0.1, 0.15) is 80.1 Å². The Morgan fingerprint density at radius 1 is 0.625 bits per heavy atom. The highest BCUT2D eigenvalue weighted by molar-refractivity contribution is 6.63. The molecule has 3 unspecified atom stereocenters. The van der Waals surface area contributed by atoms with Crippen LogP contribution in [0.4, 0.5) is 0 Å². The fraction of sp³-hybridized carbons (Fsp3) is 1.00. The third kappa shape index (κ3) is 5.41. The van der Waals surface area contributed by atoms with Crippen molar-refractivity contribution >= 4 is 6.71 Å². The molecule has 0 amide bonds. The normalized spacial score (nSPS) is 17.4. The molecule has 0 aliphatic rings. The van der Waals surface area contributed by atoms with Crippen LogP contribution in [0.25, 0.3) is 0 Å². The van der Waals surface area contributed by atoms with Crippen LogP contribution in [0.2, 0.25) is 17.5 Å². The summed E-state index contributed by atoms with van der Waals surface area (Å²) in [5.74, 6) is 2.73. The van der Waals surface area contributed by atoms with E-state index < -0.39 is 0 Å². The van der Waals surface area contributed by atoms with Crippen molar-refractivity contribution in [1.82, 2.24) is 0 Å². The predicted molar refractivity (Wildman–Crippen MR) is 78.8 cm³/mol. The molecule has 16 heavy (non-hydrogen) atoms. The van der Waals surface area contributed by atoms with Gasteiger partial charge in [0.1, 0.15) is 0 Å². The van der Waals surface area contributed by atoms with Gasteiger partial charge in [-0.1, -0.05) is 80.1 Å². The van der Waals surface area contributed by atoms with Crippen LogP contribution < -0.4 is 0 Å². The lowest BCUT2D eigenvalue weighted by atomic mass is 9.27. The van der Waals surface area contributed by atoms with Crippen LogP contribution in [0, 0.1) is 0 Å². The van der Waals surface area contributed by atoms with Gasteiger partial charge in [-0.3, -0.25) is 0 Å².